The quantitative estimate of drug-likeness (QED) is 0.263. The van der Waals surface area contributed by atoms with Gasteiger partial charge in [0.1, 0.15) is 18.0 Å². The summed E-state index contributed by atoms with van der Waals surface area (Å²) >= 11 is 0. The second-order valence-electron chi connectivity index (χ2n) is 7.56. The van der Waals surface area contributed by atoms with Gasteiger partial charge in [0.25, 0.3) is 10.1 Å². The highest BCUT2D eigenvalue weighted by molar-refractivity contribution is 7.85. The molecule has 2 aliphatic carbocycles. The Morgan fingerprint density at radius 1 is 1.13 bits per heavy atom. The number of hydrogen-bond donors (Lipinski definition) is 1. The SMILES string of the molecule is CC(=O)O[C@H]1C2CC3C(C(=O)OC31)C2C(=O)OC(CS(=O)(=O)O)(C(F)(F)F)C(F)(F)F. The summed E-state index contributed by atoms with van der Waals surface area (Å²) < 4.78 is 125. The summed E-state index contributed by atoms with van der Waals surface area (Å²) in [7, 11) is -5.95. The van der Waals surface area contributed by atoms with E-state index in [1.165, 1.54) is 0 Å². The maximum Gasteiger partial charge on any atom is 0.438 e. The molecule has 2 bridgehead atoms. The van der Waals surface area contributed by atoms with Crippen LogP contribution in [0.5, 0.6) is 0 Å². The van der Waals surface area contributed by atoms with E-state index in [0.717, 1.165) is 6.92 Å². The Bertz CT molecular complexity index is 897. The van der Waals surface area contributed by atoms with Crippen LogP contribution in [0.1, 0.15) is 13.3 Å². The van der Waals surface area contributed by atoms with E-state index in [4.69, 9.17) is 14.0 Å². The zero-order valence-electron chi connectivity index (χ0n) is 15.3. The Kier molecular flexibility index (Phi) is 5.28. The molecule has 0 radical (unpaired) electrons. The topological polar surface area (TPSA) is 133 Å². The predicted molar refractivity (Wildman–Crippen MR) is 81.4 cm³/mol. The molecule has 1 heterocycles. The molecule has 6 atom stereocenters. The van der Waals surface area contributed by atoms with E-state index < -0.39 is 87.6 Å². The van der Waals surface area contributed by atoms with E-state index >= 15 is 0 Å². The molecule has 0 aromatic rings. The maximum absolute atomic E-state index is 13.4. The van der Waals surface area contributed by atoms with Crippen LogP contribution in [0.2, 0.25) is 0 Å². The highest BCUT2D eigenvalue weighted by atomic mass is 32.2. The number of halogens is 6. The highest BCUT2D eigenvalue weighted by Gasteiger charge is 2.77. The molecule has 31 heavy (non-hydrogen) atoms. The lowest BCUT2D eigenvalue weighted by Gasteiger charge is -2.37. The Morgan fingerprint density at radius 3 is 2.13 bits per heavy atom. The van der Waals surface area contributed by atoms with Crippen molar-refractivity contribution in [3.63, 3.8) is 0 Å². The van der Waals surface area contributed by atoms with Crippen LogP contribution < -0.4 is 0 Å². The minimum absolute atomic E-state index is 0.0812. The third kappa shape index (κ3) is 3.72. The molecule has 3 aliphatic rings. The number of carbonyl (C=O) groups excluding carboxylic acids is 3. The van der Waals surface area contributed by atoms with Crippen molar-refractivity contribution < 1.29 is 67.9 Å². The molecule has 3 fully saturated rings. The molecule has 0 aromatic carbocycles. The lowest BCUT2D eigenvalue weighted by atomic mass is 9.78. The van der Waals surface area contributed by atoms with Gasteiger partial charge in [-0.2, -0.15) is 34.8 Å². The molecule has 0 aromatic heterocycles. The van der Waals surface area contributed by atoms with Crippen LogP contribution in [0.4, 0.5) is 26.3 Å². The summed E-state index contributed by atoms with van der Waals surface area (Å²) in [5.74, 6) is -12.6. The minimum Gasteiger partial charge on any atom is -0.458 e. The van der Waals surface area contributed by atoms with Crippen molar-refractivity contribution in [3.8, 4) is 0 Å². The van der Waals surface area contributed by atoms with Crippen LogP contribution >= 0.6 is 0 Å². The average Bonchev–Trinajstić information content (AvgIpc) is 3.13. The molecule has 3 rings (SSSR count). The number of carbonyl (C=O) groups is 3. The zero-order chi connectivity index (χ0) is 23.7. The first-order valence-corrected chi connectivity index (χ1v) is 10.2. The summed E-state index contributed by atoms with van der Waals surface area (Å²) in [6.07, 6.45) is -15.4. The number of esters is 3. The van der Waals surface area contributed by atoms with Crippen molar-refractivity contribution in [1.82, 2.24) is 0 Å². The third-order valence-corrected chi connectivity index (χ3v) is 6.47. The fourth-order valence-electron chi connectivity index (χ4n) is 4.63. The van der Waals surface area contributed by atoms with Crippen molar-refractivity contribution >= 4 is 28.0 Å². The first-order chi connectivity index (χ1) is 13.9. The molecule has 16 heteroatoms. The van der Waals surface area contributed by atoms with E-state index in [1.54, 1.807) is 0 Å². The largest absolute Gasteiger partial charge is 0.458 e. The lowest BCUT2D eigenvalue weighted by Crippen LogP contribution is -2.64. The Labute approximate surface area is 169 Å². The molecular formula is C15H14F6O9S. The van der Waals surface area contributed by atoms with Crippen molar-refractivity contribution in [2.24, 2.45) is 23.7 Å². The van der Waals surface area contributed by atoms with Gasteiger partial charge in [-0.15, -0.1) is 0 Å². The van der Waals surface area contributed by atoms with Crippen molar-refractivity contribution in [3.05, 3.63) is 0 Å². The normalized spacial score (nSPS) is 32.7. The van der Waals surface area contributed by atoms with Crippen LogP contribution in [0, 0.1) is 23.7 Å². The minimum atomic E-state index is -6.50. The average molecular weight is 484 g/mol. The second-order valence-corrected chi connectivity index (χ2v) is 9.01. The van der Waals surface area contributed by atoms with Crippen LogP contribution in [-0.4, -0.2) is 66.8 Å². The van der Waals surface area contributed by atoms with Gasteiger partial charge >= 0.3 is 35.9 Å². The number of alkyl halides is 6. The summed E-state index contributed by atoms with van der Waals surface area (Å²) in [6, 6.07) is 0. The van der Waals surface area contributed by atoms with Crippen LogP contribution in [-0.2, 0) is 38.7 Å². The molecule has 5 unspecified atom stereocenters. The standard InChI is InChI=1S/C15H14F6O9S/c1-4(22)28-9-6-2-5-7(11(23)29-10(5)9)8(6)12(24)30-13(14(16,17)18,15(19,20)21)3-31(25,26)27/h5-10H,2-3H2,1H3,(H,25,26,27)/t5?,6?,7?,8?,9-,10?/m0/s1. The second kappa shape index (κ2) is 6.95. The van der Waals surface area contributed by atoms with Crippen LogP contribution in [0.15, 0.2) is 0 Å². The summed E-state index contributed by atoms with van der Waals surface area (Å²) in [6.45, 7) is 0.956. The Hall–Kier alpha value is -2.10. The van der Waals surface area contributed by atoms with Gasteiger partial charge in [0.15, 0.2) is 0 Å². The predicted octanol–water partition coefficient (Wildman–Crippen LogP) is 1.02. The van der Waals surface area contributed by atoms with E-state index in [-0.39, 0.29) is 6.42 Å². The summed E-state index contributed by atoms with van der Waals surface area (Å²) in [5, 5.41) is 0. The van der Waals surface area contributed by atoms with Gasteiger partial charge in [0, 0.05) is 18.8 Å². The van der Waals surface area contributed by atoms with Crippen LogP contribution in [0.25, 0.3) is 0 Å². The third-order valence-electron chi connectivity index (χ3n) is 5.70. The summed E-state index contributed by atoms with van der Waals surface area (Å²) in [5.41, 5.74) is -5.59. The van der Waals surface area contributed by atoms with Gasteiger partial charge in [-0.3, -0.25) is 18.9 Å². The number of hydrogen-bond acceptors (Lipinski definition) is 8. The number of fused-ring (bicyclic) bond motifs is 1. The van der Waals surface area contributed by atoms with Gasteiger partial charge in [-0.25, -0.2) is 0 Å². The molecular weight excluding hydrogens is 470 g/mol. The van der Waals surface area contributed by atoms with Gasteiger partial charge in [0.05, 0.1) is 11.8 Å². The molecule has 9 nitrogen and oxygen atoms in total. The maximum atomic E-state index is 13.4. The fraction of sp³-hybridized carbons (Fsp3) is 0.800. The Morgan fingerprint density at radius 2 is 1.68 bits per heavy atom. The molecule has 1 N–H and O–H groups in total. The molecule has 176 valence electrons. The molecule has 1 aliphatic heterocycles. The van der Waals surface area contributed by atoms with Gasteiger partial charge in [-0.05, 0) is 6.42 Å². The van der Waals surface area contributed by atoms with Gasteiger partial charge < -0.3 is 14.2 Å². The number of ether oxygens (including phenoxy) is 3. The van der Waals surface area contributed by atoms with Gasteiger partial charge in [-0.1, -0.05) is 0 Å². The molecule has 0 amide bonds. The summed E-state index contributed by atoms with van der Waals surface area (Å²) in [4.78, 5) is 35.9. The first kappa shape index (κ1) is 23.6. The first-order valence-electron chi connectivity index (χ1n) is 8.59. The Balaban J connectivity index is 2.00. The molecule has 0 spiro atoms. The zero-order valence-corrected chi connectivity index (χ0v) is 16.1. The molecule has 1 saturated heterocycles. The van der Waals surface area contributed by atoms with E-state index in [0.29, 0.717) is 0 Å². The fourth-order valence-corrected chi connectivity index (χ4v) is 5.53. The number of rotatable bonds is 5. The van der Waals surface area contributed by atoms with E-state index in [1.807, 2.05) is 0 Å². The lowest BCUT2D eigenvalue weighted by molar-refractivity contribution is -0.362. The van der Waals surface area contributed by atoms with E-state index in [2.05, 4.69) is 4.74 Å². The highest BCUT2D eigenvalue weighted by Crippen LogP contribution is 2.59. The monoisotopic (exact) mass is 484 g/mol. The van der Waals surface area contributed by atoms with Crippen LogP contribution in [0.3, 0.4) is 0 Å². The molecule has 2 saturated carbocycles. The van der Waals surface area contributed by atoms with Crippen molar-refractivity contribution in [1.29, 1.82) is 0 Å². The van der Waals surface area contributed by atoms with Gasteiger partial charge in [0.2, 0.25) is 0 Å². The van der Waals surface area contributed by atoms with Crippen molar-refractivity contribution in [2.75, 3.05) is 5.75 Å². The smallest absolute Gasteiger partial charge is 0.438 e. The van der Waals surface area contributed by atoms with Crippen molar-refractivity contribution in [2.45, 2.75) is 43.5 Å². The van der Waals surface area contributed by atoms with E-state index in [9.17, 15) is 49.1 Å².